The highest BCUT2D eigenvalue weighted by Crippen LogP contribution is 2.67. The molecule has 70 heavy (non-hydrogen) atoms. The Morgan fingerprint density at radius 3 is 1.93 bits per heavy atom. The average Bonchev–Trinajstić information content (AvgIpc) is 3.73. The topological polar surface area (TPSA) is 86.2 Å². The van der Waals surface area contributed by atoms with Crippen LogP contribution in [-0.2, 0) is 15.1 Å². The maximum atomic E-state index is 12.9. The maximum absolute atomic E-state index is 12.9. The van der Waals surface area contributed by atoms with E-state index in [-0.39, 0.29) is 17.6 Å². The second-order valence-corrected chi connectivity index (χ2v) is 23.3. The van der Waals surface area contributed by atoms with Gasteiger partial charge in [0.15, 0.2) is 0 Å². The number of aliphatic hydroxyl groups excluding tert-OH is 1. The number of carbonyl (C=O) groups is 1. The molecule has 0 saturated heterocycles. The van der Waals surface area contributed by atoms with E-state index >= 15 is 0 Å². The van der Waals surface area contributed by atoms with Crippen LogP contribution in [0, 0.1) is 46.3 Å². The highest BCUT2D eigenvalue weighted by atomic mass is 16.6. The first-order valence-electron chi connectivity index (χ1n) is 28.2. The molecule has 386 valence electrons. The van der Waals surface area contributed by atoms with E-state index in [0.717, 1.165) is 115 Å². The molecule has 9 atom stereocenters. The van der Waals surface area contributed by atoms with E-state index in [1.165, 1.54) is 83.5 Å². The lowest BCUT2D eigenvalue weighted by Crippen LogP contribution is -2.51. The lowest BCUT2D eigenvalue weighted by Gasteiger charge is -2.58. The molecule has 3 fully saturated rings. The minimum absolute atomic E-state index is 0.00580. The van der Waals surface area contributed by atoms with Gasteiger partial charge in [0.1, 0.15) is 23.2 Å². The second-order valence-electron chi connectivity index (χ2n) is 23.3. The summed E-state index contributed by atoms with van der Waals surface area (Å²) in [5.41, 5.74) is 4.52. The van der Waals surface area contributed by atoms with Gasteiger partial charge in [0.25, 0.3) is 0 Å². The van der Waals surface area contributed by atoms with Crippen molar-refractivity contribution in [3.63, 3.8) is 0 Å². The van der Waals surface area contributed by atoms with Crippen LogP contribution < -0.4 is 14.8 Å². The van der Waals surface area contributed by atoms with E-state index < -0.39 is 11.7 Å². The molecule has 7 rings (SSSR count). The summed E-state index contributed by atoms with van der Waals surface area (Å²) in [6.07, 6.45) is 27.8. The molecule has 0 spiro atoms. The van der Waals surface area contributed by atoms with E-state index in [1.54, 1.807) is 19.8 Å². The summed E-state index contributed by atoms with van der Waals surface area (Å²) in [6.45, 7) is 13.7. The Balaban J connectivity index is 0.743. The number of fused-ring (bicyclic) bond motifs is 5. The molecule has 6 unspecified atom stereocenters. The first-order chi connectivity index (χ1) is 33.9. The number of methoxy groups -OCH3 is 2. The third-order valence-electron chi connectivity index (χ3n) is 18.5. The van der Waals surface area contributed by atoms with Crippen LogP contribution in [0.2, 0.25) is 0 Å². The number of benzene rings is 3. The molecule has 4 aliphatic carbocycles. The standard InChI is InChI=1S/C63H93NO6/c1-46(2)21-20-22-47(3)57-36-37-58-56-35-30-51-45-55(38-41-61(51,4)59(56)39-42-62(57,58)5)70-60(66)64-43-19-14-12-10-8-9-11-13-18-25-52(65)40-44-69-63(48-23-16-15-17-24-48,49-26-31-53(67-6)32-27-49)50-28-33-54(68-7)34-29-50/h15-17,23-24,26-34,46-47,52,55-59,65H,8-14,18-22,25,35-45H2,1-7H3,(H,64,66)/t47-,52?,55+,56?,57?,58?,59?,61+,62?/m0/s1. The van der Waals surface area contributed by atoms with E-state index in [1.807, 2.05) is 42.5 Å². The molecule has 0 aliphatic heterocycles. The van der Waals surface area contributed by atoms with Crippen LogP contribution >= 0.6 is 0 Å². The predicted octanol–water partition coefficient (Wildman–Crippen LogP) is 15.8. The zero-order valence-electron chi connectivity index (χ0n) is 44.7. The Labute approximate surface area is 424 Å². The second kappa shape index (κ2) is 25.7. The van der Waals surface area contributed by atoms with Crippen LogP contribution in [0.25, 0.3) is 0 Å². The zero-order valence-corrected chi connectivity index (χ0v) is 44.7. The number of carbonyl (C=O) groups excluding carboxylic acids is 1. The van der Waals surface area contributed by atoms with Gasteiger partial charge in [-0.1, -0.05) is 171 Å². The molecule has 0 bridgehead atoms. The highest BCUT2D eigenvalue weighted by Gasteiger charge is 2.59. The lowest BCUT2D eigenvalue weighted by molar-refractivity contribution is -0.0581. The number of amides is 1. The van der Waals surface area contributed by atoms with E-state index in [4.69, 9.17) is 18.9 Å². The largest absolute Gasteiger partial charge is 0.497 e. The van der Waals surface area contributed by atoms with Crippen LogP contribution in [0.3, 0.4) is 0 Å². The summed E-state index contributed by atoms with van der Waals surface area (Å²) in [7, 11) is 3.35. The summed E-state index contributed by atoms with van der Waals surface area (Å²) in [5, 5.41) is 14.1. The van der Waals surface area contributed by atoms with Gasteiger partial charge >= 0.3 is 6.09 Å². The maximum Gasteiger partial charge on any atom is 0.407 e. The smallest absolute Gasteiger partial charge is 0.407 e. The molecule has 4 aliphatic rings. The number of hydrogen-bond acceptors (Lipinski definition) is 6. The molecule has 3 aromatic carbocycles. The van der Waals surface area contributed by atoms with Gasteiger partial charge in [-0.2, -0.15) is 0 Å². The average molecular weight is 960 g/mol. The molecule has 1 amide bonds. The number of unbranched alkanes of at least 4 members (excludes halogenated alkanes) is 8. The first-order valence-corrected chi connectivity index (χ1v) is 28.2. The van der Waals surface area contributed by atoms with Crippen molar-refractivity contribution >= 4 is 6.09 Å². The molecule has 0 radical (unpaired) electrons. The highest BCUT2D eigenvalue weighted by molar-refractivity contribution is 5.67. The normalized spacial score (nSPS) is 26.1. The molecule has 2 N–H and O–H groups in total. The fraction of sp³-hybridized carbons (Fsp3) is 0.667. The van der Waals surface area contributed by atoms with Crippen molar-refractivity contribution in [2.75, 3.05) is 27.4 Å². The Kier molecular flexibility index (Phi) is 19.8. The Bertz CT molecular complexity index is 2000. The van der Waals surface area contributed by atoms with Crippen LogP contribution in [0.1, 0.15) is 193 Å². The molecule has 7 nitrogen and oxygen atoms in total. The number of alkyl carbamates (subject to hydrolysis) is 1. The fourth-order valence-corrected chi connectivity index (χ4v) is 14.4. The SMILES string of the molecule is COc1ccc(C(OCCC(O)CCCCCCCCCCCNC(=O)O[C@@H]2CC[C@]3(C)C(=CCC4C5CCC([C@@H](C)CCCC(C)C)C5(C)CCC43)C2)(c2ccccc2)c2ccc(OC)cc2)cc1. The minimum atomic E-state index is -0.874. The number of rotatable bonds is 27. The lowest BCUT2D eigenvalue weighted by atomic mass is 9.47. The van der Waals surface area contributed by atoms with Gasteiger partial charge in [-0.05, 0) is 152 Å². The molecule has 0 aromatic heterocycles. The predicted molar refractivity (Wildman–Crippen MR) is 286 cm³/mol. The number of allylic oxidation sites excluding steroid dienone is 1. The molecule has 7 heteroatoms. The number of nitrogens with one attached hydrogen (secondary N) is 1. The molecular weight excluding hydrogens is 867 g/mol. The van der Waals surface area contributed by atoms with Gasteiger partial charge in [-0.3, -0.25) is 0 Å². The first kappa shape index (κ1) is 54.0. The van der Waals surface area contributed by atoms with Crippen LogP contribution in [-0.4, -0.2) is 50.8 Å². The molecule has 0 heterocycles. The van der Waals surface area contributed by atoms with Crippen molar-refractivity contribution < 1.29 is 28.8 Å². The number of ether oxygens (including phenoxy) is 4. The molecular formula is C63H93NO6. The van der Waals surface area contributed by atoms with Gasteiger partial charge in [0, 0.05) is 13.0 Å². The van der Waals surface area contributed by atoms with Crippen LogP contribution in [0.5, 0.6) is 11.5 Å². The van der Waals surface area contributed by atoms with E-state index in [0.29, 0.717) is 25.0 Å². The van der Waals surface area contributed by atoms with Gasteiger partial charge in [0.05, 0.1) is 26.9 Å². The van der Waals surface area contributed by atoms with E-state index in [2.05, 4.69) is 82.4 Å². The summed E-state index contributed by atoms with van der Waals surface area (Å²) < 4.78 is 24.0. The third-order valence-corrected chi connectivity index (χ3v) is 18.5. The van der Waals surface area contributed by atoms with Gasteiger partial charge in [0.2, 0.25) is 0 Å². The van der Waals surface area contributed by atoms with Crippen LogP contribution in [0.15, 0.2) is 90.5 Å². The zero-order chi connectivity index (χ0) is 49.6. The Hall–Kier alpha value is -3.81. The summed E-state index contributed by atoms with van der Waals surface area (Å²) in [6, 6.07) is 26.5. The Morgan fingerprint density at radius 2 is 1.30 bits per heavy atom. The summed E-state index contributed by atoms with van der Waals surface area (Å²) >= 11 is 0. The third kappa shape index (κ3) is 13.0. The van der Waals surface area contributed by atoms with Crippen molar-refractivity contribution in [2.45, 2.75) is 194 Å². The monoisotopic (exact) mass is 960 g/mol. The number of aliphatic hydroxyl groups is 1. The molecule has 3 aromatic rings. The van der Waals surface area contributed by atoms with Crippen molar-refractivity contribution in [2.24, 2.45) is 46.3 Å². The van der Waals surface area contributed by atoms with Crippen molar-refractivity contribution in [1.29, 1.82) is 0 Å². The van der Waals surface area contributed by atoms with Gasteiger partial charge in [-0.25, -0.2) is 4.79 Å². The minimum Gasteiger partial charge on any atom is -0.497 e. The van der Waals surface area contributed by atoms with Crippen LogP contribution in [0.4, 0.5) is 4.79 Å². The fourth-order valence-electron chi connectivity index (χ4n) is 14.4. The van der Waals surface area contributed by atoms with E-state index in [9.17, 15) is 9.90 Å². The Morgan fingerprint density at radius 1 is 0.686 bits per heavy atom. The molecule has 3 saturated carbocycles. The van der Waals surface area contributed by atoms with Crippen molar-refractivity contribution in [3.8, 4) is 11.5 Å². The van der Waals surface area contributed by atoms with Crippen molar-refractivity contribution in [1.82, 2.24) is 5.32 Å². The summed E-state index contributed by atoms with van der Waals surface area (Å²) in [4.78, 5) is 12.9. The summed E-state index contributed by atoms with van der Waals surface area (Å²) in [5.74, 6) is 6.64. The van der Waals surface area contributed by atoms with Crippen molar-refractivity contribution in [3.05, 3.63) is 107 Å². The quantitative estimate of drug-likeness (QED) is 0.0450. The number of hydrogen-bond donors (Lipinski definition) is 2. The van der Waals surface area contributed by atoms with Gasteiger partial charge in [-0.15, -0.1) is 0 Å². The van der Waals surface area contributed by atoms with Gasteiger partial charge < -0.3 is 29.4 Å².